The fourth-order valence-electron chi connectivity index (χ4n) is 2.48. The third-order valence-corrected chi connectivity index (χ3v) is 5.51. The number of aromatic carboxylic acids is 1. The fourth-order valence-corrected chi connectivity index (χ4v) is 4.46. The summed E-state index contributed by atoms with van der Waals surface area (Å²) in [6, 6.07) is 3.02. The predicted octanol–water partition coefficient (Wildman–Crippen LogP) is 1.59. The van der Waals surface area contributed by atoms with Gasteiger partial charge in [0.2, 0.25) is 0 Å². The predicted molar refractivity (Wildman–Crippen MR) is 73.2 cm³/mol. The lowest BCUT2D eigenvalue weighted by Gasteiger charge is -2.07. The third-order valence-electron chi connectivity index (χ3n) is 3.46. The number of carbonyl (C=O) groups is 1. The summed E-state index contributed by atoms with van der Waals surface area (Å²) in [4.78, 5) is 15.2. The van der Waals surface area contributed by atoms with E-state index in [0.29, 0.717) is 17.8 Å². The van der Waals surface area contributed by atoms with E-state index in [2.05, 4.69) is 4.98 Å². The highest BCUT2D eigenvalue weighted by atomic mass is 35.5. The molecule has 0 bridgehead atoms. The number of fused-ring (bicyclic) bond motifs is 1. The number of carboxylic acid groups (broad SMARTS) is 1. The van der Waals surface area contributed by atoms with Gasteiger partial charge in [0.25, 0.3) is 0 Å². The first-order valence-corrected chi connectivity index (χ1v) is 8.18. The Balaban J connectivity index is 2.15. The standard InChI is InChI=1S/C12H11ClN2O4S/c13-10-9-2-1-7(12(16)17)5-15(9)11(14-10)8-3-4-20(18,19)6-8/h1-2,5,8H,3-4,6H2,(H,16,17). The number of halogens is 1. The van der Waals surface area contributed by atoms with Gasteiger partial charge in [-0.15, -0.1) is 0 Å². The number of nitrogens with zero attached hydrogens (tertiary/aromatic N) is 2. The fraction of sp³-hybridized carbons (Fsp3) is 0.333. The number of imidazole rings is 1. The minimum atomic E-state index is -3.04. The van der Waals surface area contributed by atoms with Crippen LogP contribution in [0.5, 0.6) is 0 Å². The molecule has 8 heteroatoms. The zero-order valence-corrected chi connectivity index (χ0v) is 11.9. The first-order chi connectivity index (χ1) is 9.37. The molecule has 0 spiro atoms. The molecule has 0 radical (unpaired) electrons. The van der Waals surface area contributed by atoms with Crippen LogP contribution in [0, 0.1) is 0 Å². The Morgan fingerprint density at radius 1 is 1.45 bits per heavy atom. The average Bonchev–Trinajstić information content (AvgIpc) is 2.90. The molecule has 1 atom stereocenters. The summed E-state index contributed by atoms with van der Waals surface area (Å²) in [5.74, 6) is -0.636. The van der Waals surface area contributed by atoms with E-state index in [4.69, 9.17) is 16.7 Å². The molecular weight excluding hydrogens is 304 g/mol. The lowest BCUT2D eigenvalue weighted by Crippen LogP contribution is -2.08. The largest absolute Gasteiger partial charge is 0.478 e. The summed E-state index contributed by atoms with van der Waals surface area (Å²) in [7, 11) is -3.04. The van der Waals surface area contributed by atoms with Gasteiger partial charge in [0, 0.05) is 12.1 Å². The maximum Gasteiger partial charge on any atom is 0.337 e. The van der Waals surface area contributed by atoms with Crippen molar-refractivity contribution in [1.29, 1.82) is 0 Å². The van der Waals surface area contributed by atoms with Crippen molar-refractivity contribution in [3.05, 3.63) is 34.9 Å². The first kappa shape index (κ1) is 13.4. The highest BCUT2D eigenvalue weighted by molar-refractivity contribution is 7.91. The normalized spacial score (nSPS) is 21.4. The summed E-state index contributed by atoms with van der Waals surface area (Å²) in [6.45, 7) is 0. The van der Waals surface area contributed by atoms with Crippen LogP contribution >= 0.6 is 11.6 Å². The van der Waals surface area contributed by atoms with E-state index >= 15 is 0 Å². The van der Waals surface area contributed by atoms with E-state index in [1.807, 2.05) is 0 Å². The lowest BCUT2D eigenvalue weighted by atomic mass is 10.1. The molecule has 1 aliphatic heterocycles. The molecule has 6 nitrogen and oxygen atoms in total. The molecule has 0 aromatic carbocycles. The molecule has 2 aromatic heterocycles. The van der Waals surface area contributed by atoms with E-state index < -0.39 is 15.8 Å². The number of hydrogen-bond acceptors (Lipinski definition) is 4. The van der Waals surface area contributed by atoms with Gasteiger partial charge in [-0.2, -0.15) is 0 Å². The Kier molecular flexibility index (Phi) is 2.98. The van der Waals surface area contributed by atoms with Crippen LogP contribution in [0.2, 0.25) is 5.15 Å². The van der Waals surface area contributed by atoms with Gasteiger partial charge in [0.15, 0.2) is 15.0 Å². The monoisotopic (exact) mass is 314 g/mol. The van der Waals surface area contributed by atoms with Crippen molar-refractivity contribution < 1.29 is 18.3 Å². The van der Waals surface area contributed by atoms with Gasteiger partial charge in [-0.3, -0.25) is 0 Å². The van der Waals surface area contributed by atoms with Crippen LogP contribution < -0.4 is 0 Å². The number of rotatable bonds is 2. The molecule has 1 unspecified atom stereocenters. The summed E-state index contributed by atoms with van der Waals surface area (Å²) >= 11 is 6.03. The molecule has 3 heterocycles. The Morgan fingerprint density at radius 2 is 2.20 bits per heavy atom. The smallest absolute Gasteiger partial charge is 0.337 e. The van der Waals surface area contributed by atoms with Crippen molar-refractivity contribution in [2.75, 3.05) is 11.5 Å². The van der Waals surface area contributed by atoms with Crippen LogP contribution in [0.4, 0.5) is 0 Å². The van der Waals surface area contributed by atoms with Crippen molar-refractivity contribution in [2.45, 2.75) is 12.3 Å². The van der Waals surface area contributed by atoms with E-state index in [1.165, 1.54) is 12.3 Å². The van der Waals surface area contributed by atoms with E-state index in [9.17, 15) is 13.2 Å². The van der Waals surface area contributed by atoms with Gasteiger partial charge in [-0.05, 0) is 18.6 Å². The summed E-state index contributed by atoms with van der Waals surface area (Å²) < 4.78 is 24.7. The van der Waals surface area contributed by atoms with Gasteiger partial charge in [0.1, 0.15) is 5.82 Å². The molecule has 1 N–H and O–H groups in total. The minimum absolute atomic E-state index is 0.0275. The Hall–Kier alpha value is -1.60. The summed E-state index contributed by atoms with van der Waals surface area (Å²) in [5, 5.41) is 9.28. The Bertz CT molecular complexity index is 812. The number of hydrogen-bond donors (Lipinski definition) is 1. The van der Waals surface area contributed by atoms with Gasteiger partial charge in [-0.25, -0.2) is 18.2 Å². The molecule has 0 saturated carbocycles. The highest BCUT2D eigenvalue weighted by Crippen LogP contribution is 2.31. The molecule has 1 fully saturated rings. The average molecular weight is 315 g/mol. The third kappa shape index (κ3) is 2.16. The molecule has 0 amide bonds. The van der Waals surface area contributed by atoms with Crippen molar-refractivity contribution in [3.63, 3.8) is 0 Å². The van der Waals surface area contributed by atoms with Crippen LogP contribution in [0.1, 0.15) is 28.5 Å². The second-order valence-electron chi connectivity index (χ2n) is 4.84. The Morgan fingerprint density at radius 3 is 2.80 bits per heavy atom. The zero-order valence-electron chi connectivity index (χ0n) is 10.3. The lowest BCUT2D eigenvalue weighted by molar-refractivity contribution is 0.0696. The van der Waals surface area contributed by atoms with Gasteiger partial charge < -0.3 is 9.51 Å². The Labute approximate surface area is 119 Å². The molecule has 20 heavy (non-hydrogen) atoms. The molecule has 106 valence electrons. The van der Waals surface area contributed by atoms with Gasteiger partial charge in [0.05, 0.1) is 22.6 Å². The summed E-state index contributed by atoms with van der Waals surface area (Å²) in [5.41, 5.74) is 0.685. The topological polar surface area (TPSA) is 88.7 Å². The number of carboxylic acids is 1. The van der Waals surface area contributed by atoms with Crippen molar-refractivity contribution in [1.82, 2.24) is 9.38 Å². The highest BCUT2D eigenvalue weighted by Gasteiger charge is 2.32. The summed E-state index contributed by atoms with van der Waals surface area (Å²) in [6.07, 6.45) is 1.91. The van der Waals surface area contributed by atoms with Gasteiger partial charge >= 0.3 is 5.97 Å². The maximum atomic E-state index is 11.6. The number of pyridine rings is 1. The van der Waals surface area contributed by atoms with Crippen molar-refractivity contribution >= 4 is 32.9 Å². The van der Waals surface area contributed by atoms with Crippen molar-refractivity contribution in [2.24, 2.45) is 0 Å². The maximum absolute atomic E-state index is 11.6. The van der Waals surface area contributed by atoms with Crippen LogP contribution in [-0.4, -0.2) is 40.4 Å². The molecule has 3 rings (SSSR count). The molecule has 2 aromatic rings. The minimum Gasteiger partial charge on any atom is -0.478 e. The van der Waals surface area contributed by atoms with E-state index in [1.54, 1.807) is 10.5 Å². The van der Waals surface area contributed by atoms with E-state index in [0.717, 1.165) is 0 Å². The van der Waals surface area contributed by atoms with Crippen LogP contribution in [0.25, 0.3) is 5.52 Å². The SMILES string of the molecule is O=C(O)c1ccc2c(Cl)nc(C3CCS(=O)(=O)C3)n2c1. The number of sulfone groups is 1. The molecule has 1 saturated heterocycles. The molecular formula is C12H11ClN2O4S. The zero-order chi connectivity index (χ0) is 14.5. The first-order valence-electron chi connectivity index (χ1n) is 5.98. The van der Waals surface area contributed by atoms with Crippen LogP contribution in [0.15, 0.2) is 18.3 Å². The van der Waals surface area contributed by atoms with Crippen LogP contribution in [-0.2, 0) is 9.84 Å². The van der Waals surface area contributed by atoms with Crippen LogP contribution in [0.3, 0.4) is 0 Å². The van der Waals surface area contributed by atoms with Crippen molar-refractivity contribution in [3.8, 4) is 0 Å². The van der Waals surface area contributed by atoms with Gasteiger partial charge in [-0.1, -0.05) is 11.6 Å². The second kappa shape index (κ2) is 4.46. The second-order valence-corrected chi connectivity index (χ2v) is 7.43. The quantitative estimate of drug-likeness (QED) is 0.909. The number of aromatic nitrogens is 2. The molecule has 1 aliphatic rings. The van der Waals surface area contributed by atoms with E-state index in [-0.39, 0.29) is 28.1 Å². The molecule has 0 aliphatic carbocycles.